The van der Waals surface area contributed by atoms with Crippen molar-refractivity contribution in [2.45, 2.75) is 31.4 Å². The molecule has 2 fully saturated rings. The molecule has 110 valence electrons. The first-order chi connectivity index (χ1) is 10.2. The van der Waals surface area contributed by atoms with Gasteiger partial charge in [0.1, 0.15) is 5.82 Å². The zero-order valence-corrected chi connectivity index (χ0v) is 11.4. The number of halogens is 1. The third-order valence-electron chi connectivity index (χ3n) is 4.18. The number of nitrogens with two attached hydrogens (primary N) is 1. The van der Waals surface area contributed by atoms with E-state index in [1.165, 1.54) is 25.0 Å². The van der Waals surface area contributed by atoms with Gasteiger partial charge in [-0.2, -0.15) is 0 Å². The molecule has 2 unspecified atom stereocenters. The Morgan fingerprint density at radius 1 is 1.24 bits per heavy atom. The molecule has 0 spiro atoms. The van der Waals surface area contributed by atoms with Crippen LogP contribution in [0.1, 0.15) is 25.3 Å². The van der Waals surface area contributed by atoms with Gasteiger partial charge >= 0.3 is 0 Å². The van der Waals surface area contributed by atoms with E-state index in [0.29, 0.717) is 23.0 Å². The number of benzene rings is 1. The summed E-state index contributed by atoms with van der Waals surface area (Å²) in [7, 11) is 0. The lowest BCUT2D eigenvalue weighted by atomic mass is 10.1. The molecule has 2 atom stereocenters. The van der Waals surface area contributed by atoms with Crippen molar-refractivity contribution in [3.05, 3.63) is 24.0 Å². The van der Waals surface area contributed by atoms with Crippen molar-refractivity contribution in [2.24, 2.45) is 5.92 Å². The lowest BCUT2D eigenvalue weighted by Crippen LogP contribution is -2.23. The van der Waals surface area contributed by atoms with Crippen molar-refractivity contribution < 1.29 is 9.13 Å². The fraction of sp³-hybridized carbons (Fsp3) is 0.500. The van der Waals surface area contributed by atoms with E-state index in [1.807, 2.05) is 0 Å². The maximum absolute atomic E-state index is 13.6. The average molecular weight is 289 g/mol. The van der Waals surface area contributed by atoms with E-state index >= 15 is 0 Å². The van der Waals surface area contributed by atoms with E-state index < -0.39 is 0 Å². The van der Waals surface area contributed by atoms with E-state index in [1.54, 1.807) is 10.7 Å². The molecule has 2 aliphatic rings. The van der Waals surface area contributed by atoms with Crippen LogP contribution in [0.2, 0.25) is 0 Å². The number of nitrogens with zero attached hydrogens (tertiary/aromatic N) is 4. The van der Waals surface area contributed by atoms with Gasteiger partial charge in [0.15, 0.2) is 5.82 Å². The zero-order valence-electron chi connectivity index (χ0n) is 11.4. The SMILES string of the molecule is Nc1cc(F)cc(-c2nnnn2C2CCOC2C2CC2)c1. The second-order valence-corrected chi connectivity index (χ2v) is 5.75. The Bertz CT molecular complexity index is 649. The summed E-state index contributed by atoms with van der Waals surface area (Å²) in [5, 5.41) is 11.9. The Morgan fingerprint density at radius 3 is 2.86 bits per heavy atom. The van der Waals surface area contributed by atoms with Crippen LogP contribution in [0.5, 0.6) is 0 Å². The molecule has 6 nitrogen and oxygen atoms in total. The fourth-order valence-electron chi connectivity index (χ4n) is 3.09. The summed E-state index contributed by atoms with van der Waals surface area (Å²) in [6.45, 7) is 0.719. The number of nitrogen functional groups attached to an aromatic ring is 1. The first-order valence-electron chi connectivity index (χ1n) is 7.18. The molecular weight excluding hydrogens is 273 g/mol. The Labute approximate surface area is 121 Å². The van der Waals surface area contributed by atoms with Crippen molar-refractivity contribution in [3.8, 4) is 11.4 Å². The van der Waals surface area contributed by atoms with Gasteiger partial charge in [-0.1, -0.05) is 0 Å². The summed E-state index contributed by atoms with van der Waals surface area (Å²) in [5.41, 5.74) is 6.67. The molecule has 1 saturated heterocycles. The molecule has 2 heterocycles. The van der Waals surface area contributed by atoms with Crippen LogP contribution in [0.25, 0.3) is 11.4 Å². The van der Waals surface area contributed by atoms with Crippen LogP contribution in [0.15, 0.2) is 18.2 Å². The topological polar surface area (TPSA) is 78.9 Å². The van der Waals surface area contributed by atoms with E-state index in [2.05, 4.69) is 15.5 Å². The molecular formula is C14H16FN5O. The van der Waals surface area contributed by atoms with Gasteiger partial charge in [0.2, 0.25) is 0 Å². The number of ether oxygens (including phenoxy) is 1. The Kier molecular flexibility index (Phi) is 2.88. The molecule has 4 rings (SSSR count). The summed E-state index contributed by atoms with van der Waals surface area (Å²) in [6.07, 6.45) is 3.44. The van der Waals surface area contributed by atoms with Crippen LogP contribution in [0.4, 0.5) is 10.1 Å². The average Bonchev–Trinajstić information content (AvgIpc) is 3.00. The minimum atomic E-state index is -0.388. The molecule has 2 aromatic rings. The molecule has 0 amide bonds. The maximum atomic E-state index is 13.6. The monoisotopic (exact) mass is 289 g/mol. The number of hydrogen-bond donors (Lipinski definition) is 1. The summed E-state index contributed by atoms with van der Waals surface area (Å²) in [4.78, 5) is 0. The second-order valence-electron chi connectivity index (χ2n) is 5.75. The molecule has 1 aromatic carbocycles. The lowest BCUT2D eigenvalue weighted by Gasteiger charge is -2.19. The highest BCUT2D eigenvalue weighted by Gasteiger charge is 2.42. The van der Waals surface area contributed by atoms with Gasteiger partial charge in [-0.05, 0) is 53.8 Å². The van der Waals surface area contributed by atoms with Crippen LogP contribution in [-0.4, -0.2) is 32.9 Å². The van der Waals surface area contributed by atoms with Crippen molar-refractivity contribution in [1.29, 1.82) is 0 Å². The summed E-state index contributed by atoms with van der Waals surface area (Å²) >= 11 is 0. The van der Waals surface area contributed by atoms with Gasteiger partial charge < -0.3 is 10.5 Å². The van der Waals surface area contributed by atoms with Crippen LogP contribution < -0.4 is 5.73 Å². The van der Waals surface area contributed by atoms with Gasteiger partial charge in [-0.15, -0.1) is 5.10 Å². The fourth-order valence-corrected chi connectivity index (χ4v) is 3.09. The zero-order chi connectivity index (χ0) is 14.4. The highest BCUT2D eigenvalue weighted by molar-refractivity contribution is 5.61. The van der Waals surface area contributed by atoms with Gasteiger partial charge in [0.25, 0.3) is 0 Å². The third-order valence-corrected chi connectivity index (χ3v) is 4.18. The largest absolute Gasteiger partial charge is 0.399 e. The molecule has 1 aliphatic carbocycles. The Balaban J connectivity index is 1.73. The first kappa shape index (κ1) is 12.7. The molecule has 1 saturated carbocycles. The number of rotatable bonds is 3. The number of tetrazole rings is 1. The summed E-state index contributed by atoms with van der Waals surface area (Å²) < 4.78 is 21.2. The predicted octanol–water partition coefficient (Wildman–Crippen LogP) is 1.80. The molecule has 7 heteroatoms. The molecule has 2 N–H and O–H groups in total. The third kappa shape index (κ3) is 2.27. The number of aromatic nitrogens is 4. The summed E-state index contributed by atoms with van der Waals surface area (Å²) in [5.74, 6) is 0.760. The molecule has 1 aromatic heterocycles. The smallest absolute Gasteiger partial charge is 0.182 e. The van der Waals surface area contributed by atoms with Gasteiger partial charge in [0, 0.05) is 17.9 Å². The Hall–Kier alpha value is -2.02. The Morgan fingerprint density at radius 2 is 2.10 bits per heavy atom. The van der Waals surface area contributed by atoms with Gasteiger partial charge in [0.05, 0.1) is 12.1 Å². The maximum Gasteiger partial charge on any atom is 0.182 e. The van der Waals surface area contributed by atoms with Gasteiger partial charge in [-0.25, -0.2) is 9.07 Å². The highest BCUT2D eigenvalue weighted by Crippen LogP contribution is 2.43. The normalized spacial score (nSPS) is 25.4. The van der Waals surface area contributed by atoms with E-state index in [4.69, 9.17) is 10.5 Å². The van der Waals surface area contributed by atoms with Crippen LogP contribution in [0.3, 0.4) is 0 Å². The van der Waals surface area contributed by atoms with Crippen molar-refractivity contribution in [3.63, 3.8) is 0 Å². The van der Waals surface area contributed by atoms with Crippen LogP contribution in [-0.2, 0) is 4.74 Å². The molecule has 0 radical (unpaired) electrons. The predicted molar refractivity (Wildman–Crippen MR) is 73.7 cm³/mol. The van der Waals surface area contributed by atoms with Crippen LogP contribution >= 0.6 is 0 Å². The van der Waals surface area contributed by atoms with Crippen molar-refractivity contribution in [1.82, 2.24) is 20.2 Å². The molecule has 0 bridgehead atoms. The van der Waals surface area contributed by atoms with E-state index in [-0.39, 0.29) is 18.0 Å². The molecule has 1 aliphatic heterocycles. The van der Waals surface area contributed by atoms with E-state index in [9.17, 15) is 4.39 Å². The highest BCUT2D eigenvalue weighted by atomic mass is 19.1. The molecule has 21 heavy (non-hydrogen) atoms. The van der Waals surface area contributed by atoms with E-state index in [0.717, 1.165) is 13.0 Å². The van der Waals surface area contributed by atoms with Crippen molar-refractivity contribution in [2.75, 3.05) is 12.3 Å². The number of hydrogen-bond acceptors (Lipinski definition) is 5. The first-order valence-corrected chi connectivity index (χ1v) is 7.18. The van der Waals surface area contributed by atoms with Crippen molar-refractivity contribution >= 4 is 5.69 Å². The quantitative estimate of drug-likeness (QED) is 0.872. The number of anilines is 1. The lowest BCUT2D eigenvalue weighted by molar-refractivity contribution is 0.0725. The minimum absolute atomic E-state index is 0.118. The minimum Gasteiger partial charge on any atom is -0.399 e. The van der Waals surface area contributed by atoms with Crippen LogP contribution in [0, 0.1) is 11.7 Å². The van der Waals surface area contributed by atoms with Gasteiger partial charge in [-0.3, -0.25) is 0 Å². The summed E-state index contributed by atoms with van der Waals surface area (Å²) in [6, 6.07) is 4.49. The standard InChI is InChI=1S/C14H16FN5O/c15-10-5-9(6-11(16)7-10)14-17-18-19-20(14)12-3-4-21-13(12)8-1-2-8/h5-8,12-13H,1-4,16H2. The second kappa shape index (κ2) is 4.77.